The van der Waals surface area contributed by atoms with Crippen LogP contribution < -0.4 is 5.73 Å². The second-order valence-electron chi connectivity index (χ2n) is 3.88. The lowest BCUT2D eigenvalue weighted by Gasteiger charge is -2.09. The summed E-state index contributed by atoms with van der Waals surface area (Å²) in [6, 6.07) is 6.21. The van der Waals surface area contributed by atoms with Crippen LogP contribution in [0.15, 0.2) is 24.4 Å². The summed E-state index contributed by atoms with van der Waals surface area (Å²) in [6.07, 6.45) is 1.42. The highest BCUT2D eigenvalue weighted by Crippen LogP contribution is 2.26. The van der Waals surface area contributed by atoms with E-state index in [0.717, 1.165) is 0 Å². The first-order valence-electron chi connectivity index (χ1n) is 5.44. The molecule has 0 radical (unpaired) electrons. The molecule has 0 aliphatic carbocycles. The summed E-state index contributed by atoms with van der Waals surface area (Å²) in [5.41, 5.74) is 6.54. The number of hydrogen-bond acceptors (Lipinski definition) is 4. The van der Waals surface area contributed by atoms with Crippen molar-refractivity contribution < 1.29 is 13.9 Å². The number of ether oxygens (including phenoxy) is 1. The Balaban J connectivity index is 2.70. The number of nitriles is 1. The fraction of sp³-hybridized carbons (Fsp3) is 0.0769. The molecular formula is C13H9FIN3O2. The van der Waals surface area contributed by atoms with E-state index in [-0.39, 0.29) is 22.8 Å². The molecule has 5 nitrogen and oxygen atoms in total. The largest absolute Gasteiger partial charge is 0.464 e. The number of esters is 1. The standard InChI is InChI=1S/C13H9FIN3O2/c1-20-13(19)12-11(17)7(5-16)6-18(12)8-2-3-9(14)10(15)4-8/h2-4,6H,17H2,1H3. The van der Waals surface area contributed by atoms with Crippen LogP contribution in [-0.2, 0) is 4.74 Å². The van der Waals surface area contributed by atoms with Crippen molar-refractivity contribution in [3.05, 3.63) is 45.0 Å². The lowest BCUT2D eigenvalue weighted by molar-refractivity contribution is 0.0593. The van der Waals surface area contributed by atoms with Gasteiger partial charge in [0.25, 0.3) is 0 Å². The number of carbonyl (C=O) groups excluding carboxylic acids is 1. The zero-order valence-electron chi connectivity index (χ0n) is 10.4. The summed E-state index contributed by atoms with van der Waals surface area (Å²) >= 11 is 1.84. The Morgan fingerprint density at radius 1 is 1.55 bits per heavy atom. The van der Waals surface area contributed by atoms with E-state index < -0.39 is 5.97 Å². The second-order valence-corrected chi connectivity index (χ2v) is 5.04. The van der Waals surface area contributed by atoms with Gasteiger partial charge in [0.05, 0.1) is 21.9 Å². The maximum atomic E-state index is 13.3. The van der Waals surface area contributed by atoms with Crippen LogP contribution in [-0.4, -0.2) is 17.6 Å². The van der Waals surface area contributed by atoms with E-state index in [9.17, 15) is 9.18 Å². The first-order chi connectivity index (χ1) is 9.49. The van der Waals surface area contributed by atoms with Gasteiger partial charge >= 0.3 is 5.97 Å². The molecule has 1 aromatic heterocycles. The van der Waals surface area contributed by atoms with Gasteiger partial charge in [0.1, 0.15) is 11.9 Å². The van der Waals surface area contributed by atoms with Gasteiger partial charge < -0.3 is 15.0 Å². The Morgan fingerprint density at radius 3 is 2.80 bits per heavy atom. The second kappa shape index (κ2) is 5.50. The smallest absolute Gasteiger partial charge is 0.357 e. The number of hydrogen-bond donors (Lipinski definition) is 1. The van der Waals surface area contributed by atoms with Gasteiger partial charge in [0.2, 0.25) is 0 Å². The summed E-state index contributed by atoms with van der Waals surface area (Å²) in [5, 5.41) is 9.00. The van der Waals surface area contributed by atoms with E-state index in [1.165, 1.54) is 30.0 Å². The molecule has 0 saturated heterocycles. The summed E-state index contributed by atoms with van der Waals surface area (Å²) < 4.78 is 19.8. The molecule has 0 atom stereocenters. The molecule has 0 amide bonds. The van der Waals surface area contributed by atoms with Gasteiger partial charge in [0, 0.05) is 11.9 Å². The lowest BCUT2D eigenvalue weighted by atomic mass is 10.2. The van der Waals surface area contributed by atoms with E-state index in [0.29, 0.717) is 9.26 Å². The molecule has 0 aliphatic heterocycles. The maximum Gasteiger partial charge on any atom is 0.357 e. The quantitative estimate of drug-likeness (QED) is 0.636. The molecule has 0 spiro atoms. The molecule has 2 N–H and O–H groups in total. The Hall–Kier alpha value is -2.08. The van der Waals surface area contributed by atoms with Crippen LogP contribution in [0, 0.1) is 20.7 Å². The number of carbonyl (C=O) groups is 1. The molecule has 20 heavy (non-hydrogen) atoms. The normalized spacial score (nSPS) is 10.1. The molecule has 7 heteroatoms. The molecule has 102 valence electrons. The third-order valence-corrected chi connectivity index (χ3v) is 3.55. The minimum absolute atomic E-state index is 0.0404. The zero-order valence-corrected chi connectivity index (χ0v) is 12.5. The van der Waals surface area contributed by atoms with Crippen LogP contribution >= 0.6 is 22.6 Å². The number of methoxy groups -OCH3 is 1. The monoisotopic (exact) mass is 385 g/mol. The van der Waals surface area contributed by atoms with Gasteiger partial charge in [0.15, 0.2) is 5.69 Å². The highest BCUT2D eigenvalue weighted by atomic mass is 127. The number of halogens is 2. The predicted octanol–water partition coefficient (Wildman–Crippen LogP) is 2.46. The minimum Gasteiger partial charge on any atom is -0.464 e. The third-order valence-electron chi connectivity index (χ3n) is 2.72. The average molecular weight is 385 g/mol. The SMILES string of the molecule is COC(=O)c1c(N)c(C#N)cn1-c1ccc(F)c(I)c1. The molecule has 0 saturated carbocycles. The number of rotatable bonds is 2. The van der Waals surface area contributed by atoms with E-state index in [2.05, 4.69) is 4.74 Å². The number of aromatic nitrogens is 1. The van der Waals surface area contributed by atoms with Crippen LogP contribution in [0.2, 0.25) is 0 Å². The lowest BCUT2D eigenvalue weighted by Crippen LogP contribution is -2.11. The zero-order chi connectivity index (χ0) is 14.9. The fourth-order valence-electron chi connectivity index (χ4n) is 1.75. The van der Waals surface area contributed by atoms with Crippen LogP contribution in [0.4, 0.5) is 10.1 Å². The number of nitrogen functional groups attached to an aromatic ring is 1. The molecule has 0 aliphatic rings. The van der Waals surface area contributed by atoms with Crippen molar-refractivity contribution in [2.45, 2.75) is 0 Å². The summed E-state index contributed by atoms with van der Waals surface area (Å²) in [5.74, 6) is -1.03. The van der Waals surface area contributed by atoms with E-state index in [1.54, 1.807) is 6.07 Å². The fourth-order valence-corrected chi connectivity index (χ4v) is 2.25. The van der Waals surface area contributed by atoms with Crippen molar-refractivity contribution in [2.24, 2.45) is 0 Å². The molecule has 0 bridgehead atoms. The summed E-state index contributed by atoms with van der Waals surface area (Å²) in [6.45, 7) is 0. The van der Waals surface area contributed by atoms with Gasteiger partial charge in [-0.3, -0.25) is 0 Å². The van der Waals surface area contributed by atoms with E-state index in [4.69, 9.17) is 11.0 Å². The van der Waals surface area contributed by atoms with Crippen molar-refractivity contribution >= 4 is 34.2 Å². The highest BCUT2D eigenvalue weighted by Gasteiger charge is 2.21. The molecular weight excluding hydrogens is 376 g/mol. The average Bonchev–Trinajstić information content (AvgIpc) is 2.78. The molecule has 2 rings (SSSR count). The molecule has 0 unspecified atom stereocenters. The van der Waals surface area contributed by atoms with Crippen molar-refractivity contribution in [2.75, 3.05) is 12.8 Å². The van der Waals surface area contributed by atoms with E-state index >= 15 is 0 Å². The predicted molar refractivity (Wildman–Crippen MR) is 78.9 cm³/mol. The van der Waals surface area contributed by atoms with Gasteiger partial charge in [-0.05, 0) is 40.8 Å². The molecule has 2 aromatic rings. The number of nitrogens with zero attached hydrogens (tertiary/aromatic N) is 2. The Morgan fingerprint density at radius 2 is 2.25 bits per heavy atom. The topological polar surface area (TPSA) is 81.0 Å². The van der Waals surface area contributed by atoms with Crippen molar-refractivity contribution in [3.8, 4) is 11.8 Å². The van der Waals surface area contributed by atoms with Gasteiger partial charge in [-0.2, -0.15) is 5.26 Å². The van der Waals surface area contributed by atoms with Gasteiger partial charge in [-0.1, -0.05) is 0 Å². The van der Waals surface area contributed by atoms with Crippen LogP contribution in [0.1, 0.15) is 16.1 Å². The van der Waals surface area contributed by atoms with Crippen molar-refractivity contribution in [1.29, 1.82) is 5.26 Å². The first kappa shape index (κ1) is 14.3. The maximum absolute atomic E-state index is 13.3. The minimum atomic E-state index is -0.664. The van der Waals surface area contributed by atoms with Crippen LogP contribution in [0.3, 0.4) is 0 Å². The molecule has 1 aromatic carbocycles. The Kier molecular flexibility index (Phi) is 3.94. The number of anilines is 1. The first-order valence-corrected chi connectivity index (χ1v) is 6.52. The van der Waals surface area contributed by atoms with Gasteiger partial charge in [-0.25, -0.2) is 9.18 Å². The summed E-state index contributed by atoms with van der Waals surface area (Å²) in [4.78, 5) is 11.8. The molecule has 1 heterocycles. The number of benzene rings is 1. The Bertz CT molecular complexity index is 734. The summed E-state index contributed by atoms with van der Waals surface area (Å²) in [7, 11) is 1.22. The Labute approximate surface area is 127 Å². The van der Waals surface area contributed by atoms with Crippen molar-refractivity contribution in [3.63, 3.8) is 0 Å². The van der Waals surface area contributed by atoms with Crippen molar-refractivity contribution in [1.82, 2.24) is 4.57 Å². The number of nitrogens with two attached hydrogens (primary N) is 1. The third kappa shape index (κ3) is 2.34. The van der Waals surface area contributed by atoms with Gasteiger partial charge in [-0.15, -0.1) is 0 Å². The van der Waals surface area contributed by atoms with Crippen LogP contribution in [0.5, 0.6) is 0 Å². The highest BCUT2D eigenvalue weighted by molar-refractivity contribution is 14.1. The molecule has 0 fully saturated rings. The van der Waals surface area contributed by atoms with E-state index in [1.807, 2.05) is 28.7 Å². The van der Waals surface area contributed by atoms with Crippen LogP contribution in [0.25, 0.3) is 5.69 Å².